The van der Waals surface area contributed by atoms with Crippen LogP contribution in [0.4, 0.5) is 0 Å². The first-order chi connectivity index (χ1) is 10.6. The Morgan fingerprint density at radius 2 is 2.00 bits per heavy atom. The topological polar surface area (TPSA) is 23.6 Å². The van der Waals surface area contributed by atoms with Gasteiger partial charge in [-0.2, -0.15) is 0 Å². The van der Waals surface area contributed by atoms with Crippen LogP contribution < -0.4 is 0 Å². The zero-order valence-corrected chi connectivity index (χ0v) is 15.0. The Morgan fingerprint density at radius 3 is 2.68 bits per heavy atom. The summed E-state index contributed by atoms with van der Waals surface area (Å²) in [5.74, 6) is 0.0411. The van der Waals surface area contributed by atoms with Gasteiger partial charge in [0.05, 0.1) is 0 Å². The molecule has 1 amide bonds. The Hall–Kier alpha value is -1.20. The number of thiocarbonyl (C=S) groups is 1. The molecule has 3 rings (SSSR count). The number of carbonyl (C=O) groups is 1. The van der Waals surface area contributed by atoms with Crippen LogP contribution in [0.1, 0.15) is 37.7 Å². The SMILES string of the molecule is CN1C(=S)N(C2CCCCC2)C(=O)/C1=C/c1cccc(Br)c1. The van der Waals surface area contributed by atoms with Crippen LogP contribution in [0.25, 0.3) is 6.08 Å². The van der Waals surface area contributed by atoms with E-state index in [4.69, 9.17) is 12.2 Å². The van der Waals surface area contributed by atoms with Crippen molar-refractivity contribution in [1.29, 1.82) is 0 Å². The number of hydrogen-bond donors (Lipinski definition) is 0. The van der Waals surface area contributed by atoms with Crippen LogP contribution in [0.5, 0.6) is 0 Å². The minimum Gasteiger partial charge on any atom is -0.317 e. The fourth-order valence-electron chi connectivity index (χ4n) is 3.19. The first kappa shape index (κ1) is 15.7. The normalized spacial score (nSPS) is 22.0. The fourth-order valence-corrected chi connectivity index (χ4v) is 3.94. The van der Waals surface area contributed by atoms with Crippen LogP contribution in [0.15, 0.2) is 34.4 Å². The van der Waals surface area contributed by atoms with E-state index in [2.05, 4.69) is 15.9 Å². The maximum absolute atomic E-state index is 12.8. The molecular weight excluding hydrogens is 360 g/mol. The van der Waals surface area contributed by atoms with Crippen LogP contribution in [0.3, 0.4) is 0 Å². The average molecular weight is 379 g/mol. The molecule has 1 aliphatic heterocycles. The molecule has 0 unspecified atom stereocenters. The predicted molar refractivity (Wildman–Crippen MR) is 96.2 cm³/mol. The van der Waals surface area contributed by atoms with Crippen molar-refractivity contribution in [3.63, 3.8) is 0 Å². The van der Waals surface area contributed by atoms with Gasteiger partial charge in [0.2, 0.25) is 0 Å². The highest BCUT2D eigenvalue weighted by Crippen LogP contribution is 2.30. The largest absolute Gasteiger partial charge is 0.317 e. The number of nitrogens with zero attached hydrogens (tertiary/aromatic N) is 2. The van der Waals surface area contributed by atoms with E-state index in [9.17, 15) is 4.79 Å². The number of rotatable bonds is 2. The van der Waals surface area contributed by atoms with E-state index in [0.717, 1.165) is 22.9 Å². The van der Waals surface area contributed by atoms with E-state index < -0.39 is 0 Å². The summed E-state index contributed by atoms with van der Waals surface area (Å²) in [5, 5.41) is 0.637. The second-order valence-corrected chi connectivity index (χ2v) is 7.17. The maximum atomic E-state index is 12.8. The molecule has 0 aromatic heterocycles. The van der Waals surface area contributed by atoms with Crippen molar-refractivity contribution in [2.75, 3.05) is 7.05 Å². The van der Waals surface area contributed by atoms with E-state index in [0.29, 0.717) is 10.8 Å². The Kier molecular flexibility index (Phi) is 4.64. The summed E-state index contributed by atoms with van der Waals surface area (Å²) in [7, 11) is 1.88. The van der Waals surface area contributed by atoms with Crippen molar-refractivity contribution in [3.8, 4) is 0 Å². The average Bonchev–Trinajstić information content (AvgIpc) is 2.72. The van der Waals surface area contributed by atoms with Gasteiger partial charge in [-0.3, -0.25) is 9.69 Å². The summed E-state index contributed by atoms with van der Waals surface area (Å²) < 4.78 is 1.00. The van der Waals surface area contributed by atoms with Crippen LogP contribution in [0, 0.1) is 0 Å². The lowest BCUT2D eigenvalue weighted by Crippen LogP contribution is -2.41. The monoisotopic (exact) mass is 378 g/mol. The molecule has 3 nitrogen and oxygen atoms in total. The van der Waals surface area contributed by atoms with Gasteiger partial charge in [-0.25, -0.2) is 0 Å². The molecule has 116 valence electrons. The number of hydrogen-bond acceptors (Lipinski definition) is 2. The van der Waals surface area contributed by atoms with Gasteiger partial charge in [-0.15, -0.1) is 0 Å². The van der Waals surface area contributed by atoms with Crippen LogP contribution >= 0.6 is 28.1 Å². The molecule has 1 heterocycles. The zero-order chi connectivity index (χ0) is 15.7. The Labute approximate surface area is 145 Å². The molecule has 1 saturated heterocycles. The third-order valence-electron chi connectivity index (χ3n) is 4.38. The third-order valence-corrected chi connectivity index (χ3v) is 5.35. The van der Waals surface area contributed by atoms with Crippen molar-refractivity contribution in [3.05, 3.63) is 40.0 Å². The lowest BCUT2D eigenvalue weighted by atomic mass is 9.94. The number of carbonyl (C=O) groups excluding carboxylic acids is 1. The van der Waals surface area contributed by atoms with Crippen molar-refractivity contribution >= 4 is 45.2 Å². The van der Waals surface area contributed by atoms with Gasteiger partial charge < -0.3 is 4.90 Å². The summed E-state index contributed by atoms with van der Waals surface area (Å²) in [6, 6.07) is 8.20. The Balaban J connectivity index is 1.89. The van der Waals surface area contributed by atoms with Crippen molar-refractivity contribution in [2.24, 2.45) is 0 Å². The van der Waals surface area contributed by atoms with Gasteiger partial charge in [0.15, 0.2) is 5.11 Å². The summed E-state index contributed by atoms with van der Waals surface area (Å²) in [6.07, 6.45) is 7.68. The highest BCUT2D eigenvalue weighted by Gasteiger charge is 2.40. The van der Waals surface area contributed by atoms with E-state index in [1.165, 1.54) is 19.3 Å². The Morgan fingerprint density at radius 1 is 1.27 bits per heavy atom. The highest BCUT2D eigenvalue weighted by molar-refractivity contribution is 9.10. The molecule has 1 saturated carbocycles. The summed E-state index contributed by atoms with van der Waals surface area (Å²) in [6.45, 7) is 0. The number of likely N-dealkylation sites (N-methyl/N-ethyl adjacent to an activating group) is 1. The minimum atomic E-state index is 0.0411. The van der Waals surface area contributed by atoms with Gasteiger partial charge in [-0.05, 0) is 48.8 Å². The molecule has 0 N–H and O–H groups in total. The highest BCUT2D eigenvalue weighted by atomic mass is 79.9. The molecule has 2 fully saturated rings. The minimum absolute atomic E-state index is 0.0411. The molecule has 0 bridgehead atoms. The van der Waals surface area contributed by atoms with Crippen LogP contribution in [-0.4, -0.2) is 33.9 Å². The van der Waals surface area contributed by atoms with Crippen LogP contribution in [-0.2, 0) is 4.79 Å². The predicted octanol–water partition coefficient (Wildman–Crippen LogP) is 4.18. The third kappa shape index (κ3) is 2.97. The molecule has 0 atom stereocenters. The molecule has 1 aromatic rings. The summed E-state index contributed by atoms with van der Waals surface area (Å²) in [4.78, 5) is 16.5. The molecule has 22 heavy (non-hydrogen) atoms. The van der Waals surface area contributed by atoms with Gasteiger partial charge >= 0.3 is 0 Å². The number of halogens is 1. The molecule has 1 aliphatic carbocycles. The lowest BCUT2D eigenvalue weighted by Gasteiger charge is -2.30. The number of benzene rings is 1. The van der Waals surface area contributed by atoms with Gasteiger partial charge in [0.25, 0.3) is 5.91 Å². The lowest BCUT2D eigenvalue weighted by molar-refractivity contribution is -0.124. The Bertz CT molecular complexity index is 637. The van der Waals surface area contributed by atoms with Gasteiger partial charge in [-0.1, -0.05) is 47.3 Å². The quantitative estimate of drug-likeness (QED) is 0.569. The van der Waals surface area contributed by atoms with Crippen molar-refractivity contribution in [1.82, 2.24) is 9.80 Å². The van der Waals surface area contributed by atoms with Crippen LogP contribution in [0.2, 0.25) is 0 Å². The van der Waals surface area contributed by atoms with E-state index in [-0.39, 0.29) is 11.9 Å². The second kappa shape index (κ2) is 6.50. The van der Waals surface area contributed by atoms with Crippen molar-refractivity contribution in [2.45, 2.75) is 38.1 Å². The maximum Gasteiger partial charge on any atom is 0.277 e. The zero-order valence-electron chi connectivity index (χ0n) is 12.6. The van der Waals surface area contributed by atoms with E-state index >= 15 is 0 Å². The summed E-state index contributed by atoms with van der Waals surface area (Å²) >= 11 is 8.99. The number of amides is 1. The fraction of sp³-hybridized carbons (Fsp3) is 0.412. The summed E-state index contributed by atoms with van der Waals surface area (Å²) in [5.41, 5.74) is 1.66. The second-order valence-electron chi connectivity index (χ2n) is 5.89. The molecule has 0 spiro atoms. The smallest absolute Gasteiger partial charge is 0.277 e. The van der Waals surface area contributed by atoms with E-state index in [1.807, 2.05) is 47.2 Å². The molecular formula is C17H19BrN2OS. The first-order valence-corrected chi connectivity index (χ1v) is 8.86. The van der Waals surface area contributed by atoms with Crippen molar-refractivity contribution < 1.29 is 4.79 Å². The first-order valence-electron chi connectivity index (χ1n) is 7.66. The van der Waals surface area contributed by atoms with Gasteiger partial charge in [0, 0.05) is 17.6 Å². The van der Waals surface area contributed by atoms with Gasteiger partial charge in [0.1, 0.15) is 5.70 Å². The molecule has 5 heteroatoms. The molecule has 2 aliphatic rings. The van der Waals surface area contributed by atoms with E-state index in [1.54, 1.807) is 0 Å². The standard InChI is InChI=1S/C17H19BrN2OS/c1-19-15(11-12-6-5-7-13(18)10-12)16(21)20(17(19)22)14-8-3-2-4-9-14/h5-7,10-11,14H,2-4,8-9H2,1H3/b15-11-. The molecule has 1 aromatic carbocycles. The molecule has 0 radical (unpaired) electrons.